The van der Waals surface area contributed by atoms with E-state index in [2.05, 4.69) is 27.0 Å². The molecule has 1 aliphatic rings. The third-order valence-electron chi connectivity index (χ3n) is 5.68. The van der Waals surface area contributed by atoms with Crippen LogP contribution < -0.4 is 21.5 Å². The summed E-state index contributed by atoms with van der Waals surface area (Å²) in [5.41, 5.74) is 1.01. The smallest absolute Gasteiger partial charge is 0.475 e. The summed E-state index contributed by atoms with van der Waals surface area (Å²) in [4.78, 5) is 34.7. The highest BCUT2D eigenvalue weighted by Gasteiger charge is 2.38. The van der Waals surface area contributed by atoms with Crippen LogP contribution in [-0.2, 0) is 22.6 Å². The molecule has 0 radical (unpaired) electrons. The molecule has 0 bridgehead atoms. The maximum atomic E-state index is 12.7. The van der Waals surface area contributed by atoms with Crippen molar-refractivity contribution in [1.82, 2.24) is 20.2 Å². The molecule has 1 aliphatic heterocycles. The average Bonchev–Trinajstić information content (AvgIpc) is 2.92. The minimum Gasteiger partial charge on any atom is -0.475 e. The summed E-state index contributed by atoms with van der Waals surface area (Å²) in [5.74, 6) is -5.15. The van der Waals surface area contributed by atoms with E-state index in [1.807, 2.05) is 18.2 Å². The van der Waals surface area contributed by atoms with Crippen LogP contribution in [0, 0.1) is 0 Å². The zero-order valence-corrected chi connectivity index (χ0v) is 24.1. The Morgan fingerprint density at radius 2 is 1.65 bits per heavy atom. The first kappa shape index (κ1) is 37.9. The number of carboxylic acids is 2. The van der Waals surface area contributed by atoms with Crippen LogP contribution in [0.5, 0.6) is 0 Å². The van der Waals surface area contributed by atoms with Crippen molar-refractivity contribution < 1.29 is 46.1 Å². The second-order valence-corrected chi connectivity index (χ2v) is 9.81. The Bertz CT molecular complexity index is 1200. The van der Waals surface area contributed by atoms with Crippen molar-refractivity contribution in [2.45, 2.75) is 57.0 Å². The van der Waals surface area contributed by atoms with Gasteiger partial charge in [-0.15, -0.1) is 0 Å². The number of carboxylic acid groups (broad SMARTS) is 2. The highest BCUT2D eigenvalue weighted by molar-refractivity contribution is 6.30. The predicted molar refractivity (Wildman–Crippen MR) is 148 cm³/mol. The van der Waals surface area contributed by atoms with Crippen LogP contribution in [0.1, 0.15) is 31.2 Å². The standard InChI is InChI=1S/C21H29Cl2N5O.2C2HF3O2/c22-17-5-3-4-16(14-17)7-10-24-12-13-28-19(23)15-27-20(21(28)29)26-11-8-18-6-1-2-9-25-18;2*3-2(4,5)1(6)7/h3-5,14-15,18,24-25H,1-2,6-13H2,(H,26,27);2*(H,6,7). The number of anilines is 1. The lowest BCUT2D eigenvalue weighted by Crippen LogP contribution is -2.36. The van der Waals surface area contributed by atoms with E-state index in [9.17, 15) is 31.1 Å². The van der Waals surface area contributed by atoms with Gasteiger partial charge in [-0.05, 0) is 56.5 Å². The molecule has 0 spiro atoms. The van der Waals surface area contributed by atoms with Gasteiger partial charge >= 0.3 is 24.3 Å². The van der Waals surface area contributed by atoms with E-state index >= 15 is 0 Å². The number of aliphatic carboxylic acids is 2. The minimum atomic E-state index is -5.08. The lowest BCUT2D eigenvalue weighted by molar-refractivity contribution is -0.193. The molecule has 1 atom stereocenters. The molecule has 1 aromatic carbocycles. The van der Waals surface area contributed by atoms with Gasteiger partial charge < -0.3 is 26.2 Å². The second kappa shape index (κ2) is 18.6. The molecule has 2 heterocycles. The van der Waals surface area contributed by atoms with Crippen molar-refractivity contribution in [3.63, 3.8) is 0 Å². The molecule has 2 aromatic rings. The van der Waals surface area contributed by atoms with Gasteiger partial charge in [-0.3, -0.25) is 9.36 Å². The SMILES string of the molecule is O=C(O)C(F)(F)F.O=C(O)C(F)(F)F.O=c1c(NCCC2CCCCN2)ncc(Cl)n1CCNCCc1cccc(Cl)c1. The van der Waals surface area contributed by atoms with Gasteiger partial charge in [-0.1, -0.05) is 41.8 Å². The molecular formula is C25H31Cl2F6N5O5. The molecule has 1 aromatic heterocycles. The summed E-state index contributed by atoms with van der Waals surface area (Å²) in [6.07, 6.45) is -3.05. The van der Waals surface area contributed by atoms with Crippen molar-refractivity contribution in [2.75, 3.05) is 31.5 Å². The highest BCUT2D eigenvalue weighted by atomic mass is 35.5. The molecule has 3 rings (SSSR count). The molecule has 0 amide bonds. The summed E-state index contributed by atoms with van der Waals surface area (Å²) < 4.78 is 65.0. The Balaban J connectivity index is 0.000000548. The number of aromatic nitrogens is 2. The Kier molecular flexibility index (Phi) is 16.4. The Morgan fingerprint density at radius 3 is 2.19 bits per heavy atom. The number of carbonyl (C=O) groups is 2. The molecule has 1 unspecified atom stereocenters. The zero-order valence-electron chi connectivity index (χ0n) is 22.6. The van der Waals surface area contributed by atoms with E-state index in [4.69, 9.17) is 43.0 Å². The number of halogens is 8. The predicted octanol–water partition coefficient (Wildman–Crippen LogP) is 4.59. The first-order valence-corrected chi connectivity index (χ1v) is 13.6. The van der Waals surface area contributed by atoms with Gasteiger partial charge in [0.05, 0.1) is 6.20 Å². The molecule has 242 valence electrons. The lowest BCUT2D eigenvalue weighted by atomic mass is 10.0. The molecule has 10 nitrogen and oxygen atoms in total. The van der Waals surface area contributed by atoms with Gasteiger partial charge in [0.15, 0.2) is 5.82 Å². The number of nitrogens with one attached hydrogen (secondary N) is 3. The zero-order chi connectivity index (χ0) is 32.6. The molecular weight excluding hydrogens is 635 g/mol. The van der Waals surface area contributed by atoms with Crippen molar-refractivity contribution in [3.8, 4) is 0 Å². The van der Waals surface area contributed by atoms with E-state index in [0.29, 0.717) is 30.1 Å². The maximum Gasteiger partial charge on any atom is 0.490 e. The molecule has 43 heavy (non-hydrogen) atoms. The number of rotatable bonds is 10. The van der Waals surface area contributed by atoms with E-state index in [1.165, 1.54) is 31.0 Å². The third kappa shape index (κ3) is 15.8. The minimum absolute atomic E-state index is 0.175. The lowest BCUT2D eigenvalue weighted by Gasteiger charge is -2.23. The molecule has 1 saturated heterocycles. The fourth-order valence-corrected chi connectivity index (χ4v) is 4.00. The van der Waals surface area contributed by atoms with Gasteiger partial charge in [0.25, 0.3) is 5.56 Å². The Labute approximate surface area is 252 Å². The summed E-state index contributed by atoms with van der Waals surface area (Å²) in [6, 6.07) is 8.36. The van der Waals surface area contributed by atoms with E-state index < -0.39 is 24.3 Å². The van der Waals surface area contributed by atoms with Gasteiger partial charge in [-0.25, -0.2) is 14.6 Å². The van der Waals surface area contributed by atoms with Crippen LogP contribution in [0.3, 0.4) is 0 Å². The van der Waals surface area contributed by atoms with Crippen LogP contribution in [-0.4, -0.2) is 76.3 Å². The van der Waals surface area contributed by atoms with Crippen molar-refractivity contribution >= 4 is 41.0 Å². The quantitative estimate of drug-likeness (QED) is 0.182. The van der Waals surface area contributed by atoms with Crippen LogP contribution in [0.2, 0.25) is 10.2 Å². The number of hydrogen-bond donors (Lipinski definition) is 5. The maximum absolute atomic E-state index is 12.7. The molecule has 5 N–H and O–H groups in total. The van der Waals surface area contributed by atoms with Gasteiger partial charge in [-0.2, -0.15) is 26.3 Å². The summed E-state index contributed by atoms with van der Waals surface area (Å²) >= 11 is 12.2. The molecule has 0 saturated carbocycles. The number of piperidine rings is 1. The van der Waals surface area contributed by atoms with Gasteiger partial charge in [0.1, 0.15) is 5.15 Å². The summed E-state index contributed by atoms with van der Waals surface area (Å²) in [6.45, 7) is 3.75. The number of hydrogen-bond acceptors (Lipinski definition) is 7. The number of alkyl halides is 6. The van der Waals surface area contributed by atoms with Gasteiger partial charge in [0.2, 0.25) is 0 Å². The van der Waals surface area contributed by atoms with Crippen molar-refractivity contribution in [3.05, 3.63) is 56.6 Å². The largest absolute Gasteiger partial charge is 0.490 e. The van der Waals surface area contributed by atoms with Gasteiger partial charge in [0, 0.05) is 30.7 Å². The first-order chi connectivity index (χ1) is 20.0. The highest BCUT2D eigenvalue weighted by Crippen LogP contribution is 2.14. The van der Waals surface area contributed by atoms with E-state index in [1.54, 1.807) is 4.57 Å². The summed E-state index contributed by atoms with van der Waals surface area (Å²) in [5, 5.41) is 25.4. The second-order valence-electron chi connectivity index (χ2n) is 8.98. The Hall–Kier alpha value is -3.08. The molecule has 1 fully saturated rings. The van der Waals surface area contributed by atoms with Crippen molar-refractivity contribution in [1.29, 1.82) is 0 Å². The van der Waals surface area contributed by atoms with Crippen LogP contribution >= 0.6 is 23.2 Å². The fourth-order valence-electron chi connectivity index (χ4n) is 3.57. The number of benzene rings is 1. The third-order valence-corrected chi connectivity index (χ3v) is 6.22. The van der Waals surface area contributed by atoms with Crippen LogP contribution in [0.15, 0.2) is 35.3 Å². The normalized spacial score (nSPS) is 14.9. The topological polar surface area (TPSA) is 146 Å². The van der Waals surface area contributed by atoms with Crippen LogP contribution in [0.25, 0.3) is 0 Å². The van der Waals surface area contributed by atoms with Crippen molar-refractivity contribution in [2.24, 2.45) is 0 Å². The summed E-state index contributed by atoms with van der Waals surface area (Å²) in [7, 11) is 0. The fraction of sp³-hybridized carbons (Fsp3) is 0.520. The monoisotopic (exact) mass is 665 g/mol. The Morgan fingerprint density at radius 1 is 1.02 bits per heavy atom. The number of nitrogens with zero attached hydrogens (tertiary/aromatic N) is 2. The molecule has 18 heteroatoms. The average molecular weight is 666 g/mol. The first-order valence-electron chi connectivity index (χ1n) is 12.8. The van der Waals surface area contributed by atoms with E-state index in [-0.39, 0.29) is 5.56 Å². The van der Waals surface area contributed by atoms with E-state index in [0.717, 1.165) is 37.5 Å². The van der Waals surface area contributed by atoms with Crippen LogP contribution in [0.4, 0.5) is 32.2 Å². The molecule has 0 aliphatic carbocycles.